The zero-order valence-corrected chi connectivity index (χ0v) is 16.9. The zero-order valence-electron chi connectivity index (χ0n) is 16.9. The van der Waals surface area contributed by atoms with E-state index in [0.29, 0.717) is 26.2 Å². The molecule has 2 N–H and O–H groups in total. The fourth-order valence-electron chi connectivity index (χ4n) is 3.10. The minimum Gasteiger partial charge on any atom is -0.468 e. The molecule has 8 nitrogen and oxygen atoms in total. The Hall–Kier alpha value is -2.22. The predicted molar refractivity (Wildman–Crippen MR) is 106 cm³/mol. The van der Waals surface area contributed by atoms with Gasteiger partial charge < -0.3 is 24.7 Å². The van der Waals surface area contributed by atoms with E-state index < -0.39 is 0 Å². The number of nitrogens with zero attached hydrogens (tertiary/aromatic N) is 3. The van der Waals surface area contributed by atoms with E-state index in [9.17, 15) is 4.79 Å². The number of nitrogens with one attached hydrogen (secondary N) is 2. The second kappa shape index (κ2) is 10.8. The molecule has 8 heteroatoms. The molecule has 1 saturated heterocycles. The molecule has 0 radical (unpaired) electrons. The van der Waals surface area contributed by atoms with Gasteiger partial charge in [-0.15, -0.1) is 0 Å². The molecule has 1 aromatic heterocycles. The van der Waals surface area contributed by atoms with Crippen molar-refractivity contribution in [3.05, 3.63) is 24.2 Å². The van der Waals surface area contributed by atoms with Crippen molar-refractivity contribution in [1.29, 1.82) is 0 Å². The Bertz CT molecular complexity index is 580. The van der Waals surface area contributed by atoms with Gasteiger partial charge in [0.1, 0.15) is 5.76 Å². The average Bonchev–Trinajstić information content (AvgIpc) is 3.17. The molecule has 2 rings (SSSR count). The summed E-state index contributed by atoms with van der Waals surface area (Å²) in [6.07, 6.45) is 3.22. The summed E-state index contributed by atoms with van der Waals surface area (Å²) in [5, 5.41) is 6.81. The molecule has 27 heavy (non-hydrogen) atoms. The third-order valence-electron chi connectivity index (χ3n) is 4.62. The van der Waals surface area contributed by atoms with Crippen LogP contribution in [0.25, 0.3) is 0 Å². The quantitative estimate of drug-likeness (QED) is 0.557. The van der Waals surface area contributed by atoms with Gasteiger partial charge in [0.15, 0.2) is 5.96 Å². The molecule has 1 unspecified atom stereocenters. The Balaban J connectivity index is 1.91. The Kier molecular flexibility index (Phi) is 8.44. The first-order valence-corrected chi connectivity index (χ1v) is 9.71. The monoisotopic (exact) mass is 379 g/mol. The van der Waals surface area contributed by atoms with Crippen molar-refractivity contribution in [2.75, 3.05) is 46.9 Å². The highest BCUT2D eigenvalue weighted by molar-refractivity contribution is 5.80. The third kappa shape index (κ3) is 6.46. The molecule has 1 aliphatic rings. The first kappa shape index (κ1) is 21.1. The van der Waals surface area contributed by atoms with Gasteiger partial charge in [-0.2, -0.15) is 0 Å². The van der Waals surface area contributed by atoms with Crippen LogP contribution in [0.3, 0.4) is 0 Å². The molecule has 0 aliphatic carbocycles. The highest BCUT2D eigenvalue weighted by atomic mass is 16.6. The number of rotatable bonds is 7. The summed E-state index contributed by atoms with van der Waals surface area (Å²) >= 11 is 0. The van der Waals surface area contributed by atoms with Crippen molar-refractivity contribution in [1.82, 2.24) is 20.4 Å². The number of guanidine groups is 1. The van der Waals surface area contributed by atoms with Gasteiger partial charge in [-0.05, 0) is 52.9 Å². The molecule has 1 aromatic rings. The maximum Gasteiger partial charge on any atom is 0.409 e. The fraction of sp³-hybridized carbons (Fsp3) is 0.684. The Morgan fingerprint density at radius 3 is 2.70 bits per heavy atom. The summed E-state index contributed by atoms with van der Waals surface area (Å²) in [5.74, 6) is 1.70. The molecule has 1 amide bonds. The van der Waals surface area contributed by atoms with Crippen molar-refractivity contribution in [3.63, 3.8) is 0 Å². The van der Waals surface area contributed by atoms with Crippen LogP contribution in [0.1, 0.15) is 38.5 Å². The van der Waals surface area contributed by atoms with Crippen LogP contribution in [0.2, 0.25) is 0 Å². The molecule has 1 atom stereocenters. The van der Waals surface area contributed by atoms with E-state index in [1.54, 1.807) is 11.2 Å². The van der Waals surface area contributed by atoms with E-state index >= 15 is 0 Å². The maximum absolute atomic E-state index is 11.8. The summed E-state index contributed by atoms with van der Waals surface area (Å²) in [6.45, 7) is 7.08. The average molecular weight is 380 g/mol. The van der Waals surface area contributed by atoms with Crippen LogP contribution in [-0.4, -0.2) is 74.8 Å². The van der Waals surface area contributed by atoms with Crippen LogP contribution in [0.15, 0.2) is 27.8 Å². The molecule has 0 spiro atoms. The summed E-state index contributed by atoms with van der Waals surface area (Å²) in [5.41, 5.74) is 0. The molecular formula is C19H33N5O3. The molecular weight excluding hydrogens is 346 g/mol. The van der Waals surface area contributed by atoms with Crippen LogP contribution in [-0.2, 0) is 4.74 Å². The predicted octanol–water partition coefficient (Wildman–Crippen LogP) is 2.06. The molecule has 152 valence electrons. The van der Waals surface area contributed by atoms with Crippen LogP contribution in [0, 0.1) is 0 Å². The van der Waals surface area contributed by atoms with Crippen LogP contribution < -0.4 is 10.6 Å². The van der Waals surface area contributed by atoms with Gasteiger partial charge in [0, 0.05) is 25.7 Å². The maximum atomic E-state index is 11.8. The largest absolute Gasteiger partial charge is 0.468 e. The number of carbonyl (C=O) groups is 1. The fourth-order valence-corrected chi connectivity index (χ4v) is 3.10. The van der Waals surface area contributed by atoms with Crippen molar-refractivity contribution in [2.45, 2.75) is 38.8 Å². The van der Waals surface area contributed by atoms with E-state index in [0.717, 1.165) is 31.1 Å². The lowest BCUT2D eigenvalue weighted by molar-refractivity contribution is 0.0963. The number of hydrogen-bond acceptors (Lipinski definition) is 5. The lowest BCUT2D eigenvalue weighted by Gasteiger charge is -2.32. The molecule has 2 heterocycles. The lowest BCUT2D eigenvalue weighted by Crippen LogP contribution is -2.50. The van der Waals surface area contributed by atoms with Gasteiger partial charge in [0.25, 0.3) is 0 Å². The number of hydrogen-bond donors (Lipinski definition) is 2. The van der Waals surface area contributed by atoms with Crippen molar-refractivity contribution >= 4 is 12.1 Å². The lowest BCUT2D eigenvalue weighted by atomic mass is 10.1. The number of likely N-dealkylation sites (tertiary alicyclic amines) is 1. The van der Waals surface area contributed by atoms with E-state index in [4.69, 9.17) is 14.1 Å². The number of amides is 1. The van der Waals surface area contributed by atoms with Crippen LogP contribution >= 0.6 is 0 Å². The number of furan rings is 1. The van der Waals surface area contributed by atoms with E-state index in [-0.39, 0.29) is 18.2 Å². The second-order valence-electron chi connectivity index (χ2n) is 6.82. The second-order valence-corrected chi connectivity index (χ2v) is 6.82. The normalized spacial score (nSPS) is 17.1. The number of ether oxygens (including phenoxy) is 1. The minimum absolute atomic E-state index is 0.0844. The highest BCUT2D eigenvalue weighted by Gasteiger charge is 2.24. The standard InChI is InChI=1S/C19H33N5O3/c1-5-20-18(21-14-16(23(3)4)17-8-7-13-27-17)22-15-9-11-24(12-10-15)19(25)26-6-2/h7-8,13,15-16H,5-6,9-12,14H2,1-4H3,(H2,20,21,22). The van der Waals surface area contributed by atoms with Crippen molar-refractivity contribution in [3.8, 4) is 0 Å². The van der Waals surface area contributed by atoms with Crippen molar-refractivity contribution < 1.29 is 13.9 Å². The molecule has 0 bridgehead atoms. The summed E-state index contributed by atoms with van der Waals surface area (Å²) in [7, 11) is 4.04. The van der Waals surface area contributed by atoms with Crippen LogP contribution in [0.4, 0.5) is 4.79 Å². The van der Waals surface area contributed by atoms with Crippen molar-refractivity contribution in [2.24, 2.45) is 4.99 Å². The van der Waals surface area contributed by atoms with Gasteiger partial charge in [-0.25, -0.2) is 4.79 Å². The summed E-state index contributed by atoms with van der Waals surface area (Å²) in [6, 6.07) is 4.25. The number of carbonyl (C=O) groups excluding carboxylic acids is 1. The molecule has 0 aromatic carbocycles. The topological polar surface area (TPSA) is 82.3 Å². The Labute approximate surface area is 161 Å². The molecule has 1 fully saturated rings. The van der Waals surface area contributed by atoms with Gasteiger partial charge in [-0.1, -0.05) is 0 Å². The molecule has 1 aliphatic heterocycles. The third-order valence-corrected chi connectivity index (χ3v) is 4.62. The minimum atomic E-state index is -0.219. The number of piperidine rings is 1. The SMILES string of the molecule is CCNC(=NCC(c1ccco1)N(C)C)NC1CCN(C(=O)OCC)CC1. The number of aliphatic imine (C=N–C) groups is 1. The van der Waals surface area contributed by atoms with Gasteiger partial charge in [-0.3, -0.25) is 9.89 Å². The Morgan fingerprint density at radius 2 is 2.15 bits per heavy atom. The van der Waals surface area contributed by atoms with Gasteiger partial charge in [0.2, 0.25) is 0 Å². The van der Waals surface area contributed by atoms with Crippen LogP contribution in [0.5, 0.6) is 0 Å². The first-order chi connectivity index (χ1) is 13.0. The smallest absolute Gasteiger partial charge is 0.409 e. The summed E-state index contributed by atoms with van der Waals surface area (Å²) < 4.78 is 10.6. The number of likely N-dealkylation sites (N-methyl/N-ethyl adjacent to an activating group) is 1. The van der Waals surface area contributed by atoms with Gasteiger partial charge in [0.05, 0.1) is 25.5 Å². The zero-order chi connectivity index (χ0) is 19.6. The van der Waals surface area contributed by atoms with E-state index in [2.05, 4.69) is 22.5 Å². The Morgan fingerprint density at radius 1 is 1.41 bits per heavy atom. The van der Waals surface area contributed by atoms with E-state index in [1.165, 1.54) is 0 Å². The summed E-state index contributed by atoms with van der Waals surface area (Å²) in [4.78, 5) is 20.4. The van der Waals surface area contributed by atoms with E-state index in [1.807, 2.05) is 33.2 Å². The highest BCUT2D eigenvalue weighted by Crippen LogP contribution is 2.19. The first-order valence-electron chi connectivity index (χ1n) is 9.71. The van der Waals surface area contributed by atoms with Gasteiger partial charge >= 0.3 is 6.09 Å². The molecule has 0 saturated carbocycles.